The predicted octanol–water partition coefficient (Wildman–Crippen LogP) is 3.59. The molecule has 1 amide bonds. The Bertz CT molecular complexity index is 959. The van der Waals surface area contributed by atoms with Crippen LogP contribution in [0, 0.1) is 11.6 Å². The Morgan fingerprint density at radius 3 is 2.38 bits per heavy atom. The first-order valence-corrected chi connectivity index (χ1v) is 10.8. The lowest BCUT2D eigenvalue weighted by Gasteiger charge is -2.22. The third-order valence-electron chi connectivity index (χ3n) is 4.64. The van der Waals surface area contributed by atoms with Crippen molar-refractivity contribution < 1.29 is 26.7 Å². The molecular formula is C20H22F2N2O4S. The summed E-state index contributed by atoms with van der Waals surface area (Å²) in [7, 11) is -3.61. The largest absolute Gasteiger partial charge is 0.484 e. The number of amides is 1. The number of hydrogen-bond acceptors (Lipinski definition) is 4. The first-order chi connectivity index (χ1) is 13.8. The molecule has 0 bridgehead atoms. The number of hydrogen-bond donors (Lipinski definition) is 2. The summed E-state index contributed by atoms with van der Waals surface area (Å²) in [5, 5.41) is 2.28. The molecule has 156 valence electrons. The topological polar surface area (TPSA) is 84.5 Å². The molecule has 0 atom stereocenters. The minimum atomic E-state index is -3.61. The lowest BCUT2D eigenvalue weighted by Crippen LogP contribution is -2.36. The van der Waals surface area contributed by atoms with Gasteiger partial charge in [0.2, 0.25) is 10.0 Å². The van der Waals surface area contributed by atoms with Crippen LogP contribution in [0.1, 0.15) is 32.1 Å². The summed E-state index contributed by atoms with van der Waals surface area (Å²) in [5.41, 5.74) is -0.157. The molecule has 6 nitrogen and oxygen atoms in total. The highest BCUT2D eigenvalue weighted by molar-refractivity contribution is 7.89. The zero-order valence-corrected chi connectivity index (χ0v) is 16.5. The third-order valence-corrected chi connectivity index (χ3v) is 6.17. The SMILES string of the molecule is O=C(COc1ccc(S(=O)(=O)NC2CCCCC2)cc1)Nc1ccc(F)cc1F. The fourth-order valence-corrected chi connectivity index (χ4v) is 4.45. The van der Waals surface area contributed by atoms with Crippen LogP contribution in [0.4, 0.5) is 14.5 Å². The Balaban J connectivity index is 1.53. The number of carbonyl (C=O) groups excluding carboxylic acids is 1. The number of carbonyl (C=O) groups is 1. The van der Waals surface area contributed by atoms with Gasteiger partial charge < -0.3 is 10.1 Å². The zero-order chi connectivity index (χ0) is 20.9. The van der Waals surface area contributed by atoms with Gasteiger partial charge in [-0.1, -0.05) is 19.3 Å². The van der Waals surface area contributed by atoms with E-state index in [1.165, 1.54) is 24.3 Å². The van der Waals surface area contributed by atoms with Crippen LogP contribution in [0.25, 0.3) is 0 Å². The number of halogens is 2. The van der Waals surface area contributed by atoms with Crippen LogP contribution in [0.2, 0.25) is 0 Å². The van der Waals surface area contributed by atoms with Crippen molar-refractivity contribution in [2.75, 3.05) is 11.9 Å². The van der Waals surface area contributed by atoms with Gasteiger partial charge in [0.1, 0.15) is 17.4 Å². The van der Waals surface area contributed by atoms with Crippen molar-refractivity contribution in [1.29, 1.82) is 0 Å². The van der Waals surface area contributed by atoms with E-state index in [9.17, 15) is 22.0 Å². The van der Waals surface area contributed by atoms with Gasteiger partial charge in [0.25, 0.3) is 5.91 Å². The van der Waals surface area contributed by atoms with Crippen molar-refractivity contribution in [3.63, 3.8) is 0 Å². The van der Waals surface area contributed by atoms with Gasteiger partial charge in [-0.25, -0.2) is 21.9 Å². The summed E-state index contributed by atoms with van der Waals surface area (Å²) in [5.74, 6) is -1.98. The van der Waals surface area contributed by atoms with Crippen molar-refractivity contribution in [1.82, 2.24) is 4.72 Å². The monoisotopic (exact) mass is 424 g/mol. The molecule has 0 aliphatic heterocycles. The Kier molecular flexibility index (Phi) is 6.81. The summed E-state index contributed by atoms with van der Waals surface area (Å²) in [6.07, 6.45) is 4.84. The fourth-order valence-electron chi connectivity index (χ4n) is 3.15. The lowest BCUT2D eigenvalue weighted by atomic mass is 9.96. The summed E-state index contributed by atoms with van der Waals surface area (Å²) in [6, 6.07) is 8.46. The van der Waals surface area contributed by atoms with E-state index in [0.717, 1.165) is 44.2 Å². The Morgan fingerprint density at radius 2 is 1.72 bits per heavy atom. The van der Waals surface area contributed by atoms with Gasteiger partial charge in [0, 0.05) is 12.1 Å². The van der Waals surface area contributed by atoms with Crippen molar-refractivity contribution in [2.24, 2.45) is 0 Å². The van der Waals surface area contributed by atoms with E-state index in [4.69, 9.17) is 4.74 Å². The van der Waals surface area contributed by atoms with Crippen molar-refractivity contribution >= 4 is 21.6 Å². The summed E-state index contributed by atoms with van der Waals surface area (Å²) in [6.45, 7) is -0.413. The average Bonchev–Trinajstić information content (AvgIpc) is 2.69. The molecule has 0 radical (unpaired) electrons. The second kappa shape index (κ2) is 9.32. The van der Waals surface area contributed by atoms with Gasteiger partial charge in [-0.2, -0.15) is 0 Å². The summed E-state index contributed by atoms with van der Waals surface area (Å²) in [4.78, 5) is 12.0. The number of sulfonamides is 1. The van der Waals surface area contributed by atoms with Crippen LogP contribution in [0.3, 0.4) is 0 Å². The highest BCUT2D eigenvalue weighted by atomic mass is 32.2. The van der Waals surface area contributed by atoms with Crippen LogP contribution in [-0.4, -0.2) is 27.0 Å². The van der Waals surface area contributed by atoms with E-state index in [0.29, 0.717) is 6.07 Å². The second-order valence-electron chi connectivity index (χ2n) is 6.89. The standard InChI is InChI=1S/C20H22F2N2O4S/c21-14-6-11-19(18(22)12-14)23-20(25)13-28-16-7-9-17(10-8-16)29(26,27)24-15-4-2-1-3-5-15/h6-12,15,24H,1-5,13H2,(H,23,25). The highest BCUT2D eigenvalue weighted by Crippen LogP contribution is 2.21. The molecule has 0 heterocycles. The summed E-state index contributed by atoms with van der Waals surface area (Å²) >= 11 is 0. The van der Waals surface area contributed by atoms with E-state index >= 15 is 0 Å². The van der Waals surface area contributed by atoms with Gasteiger partial charge in [-0.3, -0.25) is 4.79 Å². The van der Waals surface area contributed by atoms with Gasteiger partial charge in [0.05, 0.1) is 10.6 Å². The van der Waals surface area contributed by atoms with Gasteiger partial charge in [-0.15, -0.1) is 0 Å². The van der Waals surface area contributed by atoms with Crippen molar-refractivity contribution in [3.8, 4) is 5.75 Å². The molecule has 0 aromatic heterocycles. The maximum absolute atomic E-state index is 13.5. The quantitative estimate of drug-likeness (QED) is 0.711. The Morgan fingerprint density at radius 1 is 1.03 bits per heavy atom. The van der Waals surface area contributed by atoms with Crippen LogP contribution in [-0.2, 0) is 14.8 Å². The number of benzene rings is 2. The Labute approximate surface area is 168 Å². The number of rotatable bonds is 7. The molecule has 1 aliphatic carbocycles. The molecule has 3 rings (SSSR count). The molecule has 1 aliphatic rings. The molecule has 2 aromatic carbocycles. The van der Waals surface area contributed by atoms with Gasteiger partial charge >= 0.3 is 0 Å². The first-order valence-electron chi connectivity index (χ1n) is 9.33. The van der Waals surface area contributed by atoms with Crippen molar-refractivity contribution in [2.45, 2.75) is 43.0 Å². The fraction of sp³-hybridized carbons (Fsp3) is 0.350. The zero-order valence-electron chi connectivity index (χ0n) is 15.7. The number of ether oxygens (including phenoxy) is 1. The van der Waals surface area contributed by atoms with E-state index < -0.39 is 34.2 Å². The molecular weight excluding hydrogens is 402 g/mol. The van der Waals surface area contributed by atoms with Crippen LogP contribution >= 0.6 is 0 Å². The predicted molar refractivity (Wildman–Crippen MR) is 104 cm³/mol. The van der Waals surface area contributed by atoms with Gasteiger partial charge in [0.15, 0.2) is 6.61 Å². The van der Waals surface area contributed by atoms with Crippen LogP contribution in [0.5, 0.6) is 5.75 Å². The van der Waals surface area contributed by atoms with E-state index in [2.05, 4.69) is 10.0 Å². The van der Waals surface area contributed by atoms with Crippen LogP contribution in [0.15, 0.2) is 47.4 Å². The van der Waals surface area contributed by atoms with E-state index in [1.54, 1.807) is 0 Å². The molecule has 2 aromatic rings. The molecule has 0 unspecified atom stereocenters. The maximum atomic E-state index is 13.5. The summed E-state index contributed by atoms with van der Waals surface area (Å²) < 4.78 is 59.4. The third kappa shape index (κ3) is 5.98. The highest BCUT2D eigenvalue weighted by Gasteiger charge is 2.21. The van der Waals surface area contributed by atoms with Crippen LogP contribution < -0.4 is 14.8 Å². The molecule has 0 saturated heterocycles. The molecule has 0 spiro atoms. The minimum Gasteiger partial charge on any atom is -0.484 e. The molecule has 9 heteroatoms. The first kappa shape index (κ1) is 21.2. The van der Waals surface area contributed by atoms with Crippen molar-refractivity contribution in [3.05, 3.63) is 54.1 Å². The molecule has 29 heavy (non-hydrogen) atoms. The normalized spacial score (nSPS) is 15.1. The number of nitrogens with one attached hydrogen (secondary N) is 2. The second-order valence-corrected chi connectivity index (χ2v) is 8.60. The minimum absolute atomic E-state index is 0.0415. The average molecular weight is 424 g/mol. The lowest BCUT2D eigenvalue weighted by molar-refractivity contribution is -0.118. The number of anilines is 1. The molecule has 1 saturated carbocycles. The Hall–Kier alpha value is -2.52. The van der Waals surface area contributed by atoms with Gasteiger partial charge in [-0.05, 0) is 49.2 Å². The maximum Gasteiger partial charge on any atom is 0.262 e. The molecule has 1 fully saturated rings. The van der Waals surface area contributed by atoms with E-state index in [1.807, 2.05) is 0 Å². The van der Waals surface area contributed by atoms with E-state index in [-0.39, 0.29) is 22.4 Å². The molecule has 2 N–H and O–H groups in total. The smallest absolute Gasteiger partial charge is 0.262 e.